The van der Waals surface area contributed by atoms with Crippen molar-refractivity contribution in [3.8, 4) is 11.4 Å². The number of aromatic nitrogens is 2. The molecule has 5 rings (SSSR count). The third kappa shape index (κ3) is 4.23. The summed E-state index contributed by atoms with van der Waals surface area (Å²) in [5.74, 6) is 0.0358. The average Bonchev–Trinajstić information content (AvgIpc) is 3.18. The van der Waals surface area contributed by atoms with Crippen molar-refractivity contribution in [1.29, 1.82) is 0 Å². The summed E-state index contributed by atoms with van der Waals surface area (Å²) in [7, 11) is -3.68. The van der Waals surface area contributed by atoms with Gasteiger partial charge in [-0.1, -0.05) is 31.4 Å². The highest BCUT2D eigenvalue weighted by molar-refractivity contribution is 7.89. The molecule has 2 aromatic heterocycles. The fourth-order valence-corrected chi connectivity index (χ4v) is 5.19. The fourth-order valence-electron chi connectivity index (χ4n) is 4.73. The van der Waals surface area contributed by atoms with E-state index in [1.54, 1.807) is 19.1 Å². The SMILES string of the molecule is Cc1cc2ccc(-c3nc4cc(C(=O)NS(C)(=O)=O)ccc4n3C3CCCCC3)cc2oc1=O. The molecule has 2 aromatic carbocycles. The van der Waals surface area contributed by atoms with E-state index in [0.717, 1.165) is 54.2 Å². The van der Waals surface area contributed by atoms with Crippen molar-refractivity contribution in [3.05, 3.63) is 64.0 Å². The van der Waals surface area contributed by atoms with Crippen molar-refractivity contribution in [2.45, 2.75) is 45.1 Å². The lowest BCUT2D eigenvalue weighted by Gasteiger charge is -2.25. The number of nitrogens with one attached hydrogen (secondary N) is 1. The predicted octanol–water partition coefficient (Wildman–Crippen LogP) is 4.31. The molecule has 4 aromatic rings. The van der Waals surface area contributed by atoms with Crippen molar-refractivity contribution in [2.75, 3.05) is 6.26 Å². The minimum Gasteiger partial charge on any atom is -0.423 e. The van der Waals surface area contributed by atoms with Gasteiger partial charge in [-0.3, -0.25) is 4.79 Å². The first-order valence-electron chi connectivity index (χ1n) is 11.3. The number of fused-ring (bicyclic) bond motifs is 2. The number of carbonyl (C=O) groups is 1. The molecule has 0 spiro atoms. The van der Waals surface area contributed by atoms with E-state index < -0.39 is 15.9 Å². The van der Waals surface area contributed by atoms with Crippen LogP contribution in [-0.2, 0) is 10.0 Å². The number of hydrogen-bond acceptors (Lipinski definition) is 6. The van der Waals surface area contributed by atoms with Gasteiger partial charge < -0.3 is 8.98 Å². The molecular weight excluding hydrogens is 454 g/mol. The molecule has 0 unspecified atom stereocenters. The van der Waals surface area contributed by atoms with Crippen molar-refractivity contribution in [2.24, 2.45) is 0 Å². The quantitative estimate of drug-likeness (QED) is 0.437. The van der Waals surface area contributed by atoms with Gasteiger partial charge in [-0.2, -0.15) is 0 Å². The Labute approximate surface area is 196 Å². The van der Waals surface area contributed by atoms with Gasteiger partial charge in [0.05, 0.1) is 17.3 Å². The maximum atomic E-state index is 12.4. The smallest absolute Gasteiger partial charge is 0.339 e. The standard InChI is InChI=1S/C25H25N3O5S/c1-15-12-16-8-9-17(14-22(16)33-25(15)30)23-26-20-13-18(24(29)27-34(2,31)32)10-11-21(20)28(23)19-6-4-3-5-7-19/h8-14,19H,3-7H2,1-2H3,(H,27,29). The highest BCUT2D eigenvalue weighted by Crippen LogP contribution is 2.36. The van der Waals surface area contributed by atoms with Crippen LogP contribution in [0.4, 0.5) is 0 Å². The van der Waals surface area contributed by atoms with E-state index >= 15 is 0 Å². The Morgan fingerprint density at radius 1 is 1.09 bits per heavy atom. The van der Waals surface area contributed by atoms with Gasteiger partial charge in [0.1, 0.15) is 11.4 Å². The van der Waals surface area contributed by atoms with Crippen LogP contribution < -0.4 is 10.3 Å². The number of rotatable bonds is 4. The minimum absolute atomic E-state index is 0.220. The largest absolute Gasteiger partial charge is 0.423 e. The molecule has 1 amide bonds. The van der Waals surface area contributed by atoms with Gasteiger partial charge in [-0.15, -0.1) is 0 Å². The highest BCUT2D eigenvalue weighted by Gasteiger charge is 2.23. The molecule has 176 valence electrons. The van der Waals surface area contributed by atoms with Crippen LogP contribution in [0.2, 0.25) is 0 Å². The average molecular weight is 480 g/mol. The van der Waals surface area contributed by atoms with Gasteiger partial charge in [0.15, 0.2) is 0 Å². The van der Waals surface area contributed by atoms with E-state index in [4.69, 9.17) is 9.40 Å². The van der Waals surface area contributed by atoms with Crippen molar-refractivity contribution >= 4 is 37.9 Å². The minimum atomic E-state index is -3.68. The summed E-state index contributed by atoms with van der Waals surface area (Å²) in [6, 6.07) is 12.8. The Hall–Kier alpha value is -3.46. The summed E-state index contributed by atoms with van der Waals surface area (Å²) in [5, 5.41) is 0.834. The number of aryl methyl sites for hydroxylation is 1. The van der Waals surface area contributed by atoms with Crippen LogP contribution in [0.25, 0.3) is 33.4 Å². The summed E-state index contributed by atoms with van der Waals surface area (Å²) < 4.78 is 32.7. The Balaban J connectivity index is 1.68. The molecular formula is C25H25N3O5S. The van der Waals surface area contributed by atoms with E-state index in [9.17, 15) is 18.0 Å². The summed E-state index contributed by atoms with van der Waals surface area (Å²) in [4.78, 5) is 29.3. The number of amides is 1. The molecule has 0 radical (unpaired) electrons. The van der Waals surface area contributed by atoms with Gasteiger partial charge in [0.2, 0.25) is 10.0 Å². The second-order valence-corrected chi connectivity index (χ2v) is 10.7. The van der Waals surface area contributed by atoms with Crippen LogP contribution in [0.5, 0.6) is 0 Å². The van der Waals surface area contributed by atoms with Crippen LogP contribution in [-0.4, -0.2) is 30.1 Å². The zero-order chi connectivity index (χ0) is 24.0. The van der Waals surface area contributed by atoms with Crippen LogP contribution in [0.1, 0.15) is 54.1 Å². The topological polar surface area (TPSA) is 111 Å². The number of hydrogen-bond donors (Lipinski definition) is 1. The molecule has 0 saturated heterocycles. The van der Waals surface area contributed by atoms with Crippen LogP contribution in [0.3, 0.4) is 0 Å². The van der Waals surface area contributed by atoms with Crippen molar-refractivity contribution in [3.63, 3.8) is 0 Å². The molecule has 2 heterocycles. The Morgan fingerprint density at radius 3 is 2.59 bits per heavy atom. The molecule has 34 heavy (non-hydrogen) atoms. The van der Waals surface area contributed by atoms with E-state index in [2.05, 4.69) is 4.57 Å². The lowest BCUT2D eigenvalue weighted by atomic mass is 9.94. The first kappa shape index (κ1) is 22.3. The van der Waals surface area contributed by atoms with Gasteiger partial charge >= 0.3 is 5.63 Å². The zero-order valence-corrected chi connectivity index (χ0v) is 19.8. The van der Waals surface area contributed by atoms with Gasteiger partial charge in [-0.05, 0) is 50.1 Å². The summed E-state index contributed by atoms with van der Waals surface area (Å²) in [6.07, 6.45) is 6.45. The molecule has 9 heteroatoms. The predicted molar refractivity (Wildman–Crippen MR) is 130 cm³/mol. The molecule has 1 N–H and O–H groups in total. The zero-order valence-electron chi connectivity index (χ0n) is 19.0. The summed E-state index contributed by atoms with van der Waals surface area (Å²) in [5.41, 5.74) is 3.18. The molecule has 1 saturated carbocycles. The number of nitrogens with zero attached hydrogens (tertiary/aromatic N) is 2. The van der Waals surface area contributed by atoms with Gasteiger partial charge in [0.25, 0.3) is 5.91 Å². The third-order valence-corrected chi connectivity index (χ3v) is 6.89. The van der Waals surface area contributed by atoms with Crippen LogP contribution in [0.15, 0.2) is 51.7 Å². The van der Waals surface area contributed by atoms with E-state index in [-0.39, 0.29) is 17.2 Å². The first-order chi connectivity index (χ1) is 16.2. The second kappa shape index (κ2) is 8.39. The van der Waals surface area contributed by atoms with Crippen LogP contribution >= 0.6 is 0 Å². The monoisotopic (exact) mass is 479 g/mol. The highest BCUT2D eigenvalue weighted by atomic mass is 32.2. The normalized spacial score (nSPS) is 15.1. The number of sulfonamides is 1. The van der Waals surface area contributed by atoms with Crippen LogP contribution in [0, 0.1) is 6.92 Å². The number of benzene rings is 2. The second-order valence-electron chi connectivity index (χ2n) is 8.97. The van der Waals surface area contributed by atoms with Gasteiger partial charge in [-0.25, -0.2) is 22.9 Å². The molecule has 0 bridgehead atoms. The van der Waals surface area contributed by atoms with Gasteiger partial charge in [0, 0.05) is 28.1 Å². The van der Waals surface area contributed by atoms with Crippen molar-refractivity contribution < 1.29 is 17.6 Å². The molecule has 8 nitrogen and oxygen atoms in total. The number of imidazole rings is 1. The van der Waals surface area contributed by atoms with E-state index in [1.165, 1.54) is 6.42 Å². The molecule has 1 aliphatic carbocycles. The third-order valence-electron chi connectivity index (χ3n) is 6.34. The van der Waals surface area contributed by atoms with E-state index in [1.807, 2.05) is 35.1 Å². The van der Waals surface area contributed by atoms with E-state index in [0.29, 0.717) is 16.7 Å². The Bertz CT molecular complexity index is 1590. The molecule has 0 aliphatic heterocycles. The summed E-state index contributed by atoms with van der Waals surface area (Å²) in [6.45, 7) is 1.72. The molecule has 0 atom stereocenters. The maximum Gasteiger partial charge on any atom is 0.339 e. The lowest BCUT2D eigenvalue weighted by Crippen LogP contribution is -2.29. The Morgan fingerprint density at radius 2 is 1.85 bits per heavy atom. The lowest BCUT2D eigenvalue weighted by molar-refractivity contribution is 0.0982. The molecule has 1 aliphatic rings. The first-order valence-corrected chi connectivity index (χ1v) is 13.2. The maximum absolute atomic E-state index is 12.4. The van der Waals surface area contributed by atoms with Crippen molar-refractivity contribution in [1.82, 2.24) is 14.3 Å². The fraction of sp³-hybridized carbons (Fsp3) is 0.320. The molecule has 1 fully saturated rings. The summed E-state index contributed by atoms with van der Waals surface area (Å²) >= 11 is 0. The Kier molecular flexibility index (Phi) is 5.51. The number of carbonyl (C=O) groups excluding carboxylic acids is 1.